The molecule has 0 saturated heterocycles. The lowest BCUT2D eigenvalue weighted by Gasteiger charge is -2.19. The monoisotopic (exact) mass is 628 g/mol. The highest BCUT2D eigenvalue weighted by atomic mass is 32.1. The molecule has 5 heteroatoms. The van der Waals surface area contributed by atoms with Crippen LogP contribution in [0, 0.1) is 0 Å². The number of aliphatic imine (C=N–C) groups is 2. The fraction of sp³-hybridized carbons (Fsp3) is 0.0732. The molecule has 3 nitrogen and oxygen atoms in total. The topological polar surface area (TPSA) is 41.8 Å². The highest BCUT2D eigenvalue weighted by Crippen LogP contribution is 2.70. The molecule has 0 unspecified atom stereocenters. The van der Waals surface area contributed by atoms with E-state index in [0.717, 1.165) is 89.4 Å². The van der Waals surface area contributed by atoms with E-state index in [2.05, 4.69) is 97.1 Å². The molecule has 0 atom stereocenters. The van der Waals surface area contributed by atoms with Gasteiger partial charge in [0.05, 0.1) is 22.8 Å². The minimum absolute atomic E-state index is 0.837. The third-order valence-corrected chi connectivity index (χ3v) is 13.6. The van der Waals surface area contributed by atoms with E-state index in [1.165, 1.54) is 11.1 Å². The van der Waals surface area contributed by atoms with Gasteiger partial charge in [-0.25, -0.2) is 9.98 Å². The molecule has 0 amide bonds. The van der Waals surface area contributed by atoms with E-state index in [-0.39, 0.29) is 0 Å². The molecule has 0 spiro atoms. The first-order valence-electron chi connectivity index (χ1n) is 15.7. The van der Waals surface area contributed by atoms with E-state index >= 15 is 4.57 Å². The first-order chi connectivity index (χ1) is 22.7. The Kier molecular flexibility index (Phi) is 6.48. The van der Waals surface area contributed by atoms with Crippen LogP contribution in [0.15, 0.2) is 183 Å². The summed E-state index contributed by atoms with van der Waals surface area (Å²) < 4.78 is 18.0. The van der Waals surface area contributed by atoms with Crippen molar-refractivity contribution in [3.63, 3.8) is 0 Å². The van der Waals surface area contributed by atoms with Crippen molar-refractivity contribution < 1.29 is 4.57 Å². The Morgan fingerprint density at radius 3 is 1.48 bits per heavy atom. The van der Waals surface area contributed by atoms with Crippen molar-refractivity contribution in [3.8, 4) is 0 Å². The van der Waals surface area contributed by atoms with Crippen molar-refractivity contribution >= 4 is 46.4 Å². The molecule has 1 aromatic heterocycles. The lowest BCUT2D eigenvalue weighted by atomic mass is 10.0. The molecule has 4 aliphatic heterocycles. The lowest BCUT2D eigenvalue weighted by Crippen LogP contribution is -2.12. The summed E-state index contributed by atoms with van der Waals surface area (Å²) in [6.45, 7) is 0. The zero-order valence-electron chi connectivity index (χ0n) is 25.1. The minimum atomic E-state index is -3.17. The van der Waals surface area contributed by atoms with E-state index in [1.54, 1.807) is 11.3 Å². The predicted molar refractivity (Wildman–Crippen MR) is 192 cm³/mol. The van der Waals surface area contributed by atoms with Crippen LogP contribution in [0.3, 0.4) is 0 Å². The maximum Gasteiger partial charge on any atom is 0.171 e. The second-order valence-corrected chi connectivity index (χ2v) is 15.8. The van der Waals surface area contributed by atoms with Gasteiger partial charge >= 0.3 is 0 Å². The highest BCUT2D eigenvalue weighted by Gasteiger charge is 2.44. The van der Waals surface area contributed by atoms with Crippen LogP contribution in [0.1, 0.15) is 30.4 Å². The lowest BCUT2D eigenvalue weighted by molar-refractivity contribution is 0.589. The zero-order valence-corrected chi connectivity index (χ0v) is 26.8. The van der Waals surface area contributed by atoms with Crippen molar-refractivity contribution in [1.29, 1.82) is 0 Å². The van der Waals surface area contributed by atoms with Crippen LogP contribution in [-0.4, -0.2) is 11.4 Å². The second kappa shape index (κ2) is 10.9. The Morgan fingerprint density at radius 2 is 1.00 bits per heavy atom. The molecule has 5 heterocycles. The van der Waals surface area contributed by atoms with Gasteiger partial charge in [-0.2, -0.15) is 0 Å². The van der Waals surface area contributed by atoms with Crippen molar-refractivity contribution in [2.75, 3.05) is 0 Å². The van der Waals surface area contributed by atoms with E-state index in [9.17, 15) is 0 Å². The molecule has 9 rings (SSSR count). The Balaban J connectivity index is 1.39. The van der Waals surface area contributed by atoms with Gasteiger partial charge in [0.15, 0.2) is 7.14 Å². The molecule has 5 aliphatic rings. The number of thiophene rings is 1. The van der Waals surface area contributed by atoms with Gasteiger partial charge in [-0.15, -0.1) is 11.3 Å². The molecule has 0 N–H and O–H groups in total. The molecule has 46 heavy (non-hydrogen) atoms. The fourth-order valence-electron chi connectivity index (χ4n) is 7.22. The number of allylic oxidation sites excluding steroid dienone is 10. The number of hydrogen-bond donors (Lipinski definition) is 0. The molecule has 8 bridgehead atoms. The summed E-state index contributed by atoms with van der Waals surface area (Å²) in [7, 11) is -3.17. The maximum atomic E-state index is 15.7. The third-order valence-electron chi connectivity index (χ3n) is 9.26. The van der Waals surface area contributed by atoms with Crippen LogP contribution in [-0.2, 0) is 4.57 Å². The van der Waals surface area contributed by atoms with Crippen LogP contribution in [0.2, 0.25) is 0 Å². The maximum absolute atomic E-state index is 15.7. The average molecular weight is 629 g/mol. The molecule has 4 aromatic rings. The number of rotatable bonds is 3. The normalized spacial score (nSPS) is 21.5. The van der Waals surface area contributed by atoms with Crippen LogP contribution in [0.5, 0.6) is 0 Å². The molecule has 220 valence electrons. The van der Waals surface area contributed by atoms with E-state index in [0.29, 0.717) is 0 Å². The Bertz CT molecular complexity index is 2240. The van der Waals surface area contributed by atoms with Gasteiger partial charge < -0.3 is 4.57 Å². The molecule has 1 fully saturated rings. The van der Waals surface area contributed by atoms with E-state index in [1.807, 2.05) is 42.5 Å². The summed E-state index contributed by atoms with van der Waals surface area (Å²) in [5.74, 6) is 0. The second-order valence-electron chi connectivity index (χ2n) is 12.0. The number of benzene rings is 3. The van der Waals surface area contributed by atoms with Gasteiger partial charge in [0.2, 0.25) is 0 Å². The average Bonchev–Trinajstić information content (AvgIpc) is 3.94. The summed E-state index contributed by atoms with van der Waals surface area (Å²) in [6.07, 6.45) is 15.5. The van der Waals surface area contributed by atoms with Crippen molar-refractivity contribution in [3.05, 3.63) is 193 Å². The molecule has 3 aromatic carbocycles. The summed E-state index contributed by atoms with van der Waals surface area (Å²) >= 11 is 1.77. The van der Waals surface area contributed by atoms with Crippen molar-refractivity contribution in [1.82, 2.24) is 0 Å². The standard InChI is InChI=1S/C41H29N2OPS/c44-45(31-15-8-3-9-16-31)36-25-29-19-21-34(42-29)40(27-11-4-1-5-12-27)38-23-24-39(46-38)41(28-13-6-2-7-14-28)35-22-20-30(43-35)26-37(45)33-18-10-17-32(33)36/h1-9,11-16,19-26H,10,17-18H2. The van der Waals surface area contributed by atoms with Crippen LogP contribution < -0.4 is 14.4 Å². The van der Waals surface area contributed by atoms with Crippen molar-refractivity contribution in [2.24, 2.45) is 9.98 Å². The minimum Gasteiger partial charge on any atom is -0.309 e. The smallest absolute Gasteiger partial charge is 0.171 e. The fourth-order valence-corrected chi connectivity index (χ4v) is 11.7. The molecule has 1 aliphatic carbocycles. The van der Waals surface area contributed by atoms with Gasteiger partial charge in [0.1, 0.15) is 0 Å². The molecule has 0 radical (unpaired) electrons. The summed E-state index contributed by atoms with van der Waals surface area (Å²) in [5, 5.41) is 2.72. The van der Waals surface area contributed by atoms with Gasteiger partial charge in [-0.3, -0.25) is 0 Å². The Hall–Kier alpha value is -4.89. The van der Waals surface area contributed by atoms with Gasteiger partial charge in [-0.05, 0) is 90.1 Å². The Labute approximate surface area is 272 Å². The SMILES string of the molecule is O=P1(c2ccccc2)C2=C3CCCC3=C1C=C1C=CC(=N1)C(c1ccccc1)=c1ccc(s1)=C(c1ccccc1)C1=NC(=C2)C=C1. The van der Waals surface area contributed by atoms with Gasteiger partial charge in [-0.1, -0.05) is 91.0 Å². The predicted octanol–water partition coefficient (Wildman–Crippen LogP) is 8.34. The number of nitrogens with zero attached hydrogens (tertiary/aromatic N) is 2. The van der Waals surface area contributed by atoms with Crippen LogP contribution in [0.4, 0.5) is 0 Å². The molecule has 1 saturated carbocycles. The highest BCUT2D eigenvalue weighted by molar-refractivity contribution is 7.80. The van der Waals surface area contributed by atoms with Crippen LogP contribution in [0.25, 0.3) is 11.1 Å². The first kappa shape index (κ1) is 27.4. The largest absolute Gasteiger partial charge is 0.309 e. The zero-order chi connectivity index (χ0) is 30.7. The van der Waals surface area contributed by atoms with Crippen LogP contribution >= 0.6 is 18.5 Å². The van der Waals surface area contributed by atoms with E-state index in [4.69, 9.17) is 9.98 Å². The molecular formula is C41H29N2OPS. The van der Waals surface area contributed by atoms with Gasteiger partial charge in [0, 0.05) is 36.1 Å². The van der Waals surface area contributed by atoms with Crippen molar-refractivity contribution in [2.45, 2.75) is 19.3 Å². The quantitative estimate of drug-likeness (QED) is 0.210. The summed E-state index contributed by atoms with van der Waals surface area (Å²) in [6, 6.07) is 35.5. The molecular weight excluding hydrogens is 600 g/mol. The van der Waals surface area contributed by atoms with E-state index < -0.39 is 7.14 Å². The van der Waals surface area contributed by atoms with Gasteiger partial charge in [0.25, 0.3) is 0 Å². The first-order valence-corrected chi connectivity index (χ1v) is 18.3. The summed E-state index contributed by atoms with van der Waals surface area (Å²) in [5.41, 5.74) is 10.4. The summed E-state index contributed by atoms with van der Waals surface area (Å²) in [4.78, 5) is 10.4. The third kappa shape index (κ3) is 4.36. The number of hydrogen-bond acceptors (Lipinski definition) is 4. The Morgan fingerprint density at radius 1 is 0.543 bits per heavy atom. The number of fused-ring (bicyclic) bond motifs is 7.